The predicted molar refractivity (Wildman–Crippen MR) is 96.2 cm³/mol. The molecule has 5 nitrogen and oxygen atoms in total. The summed E-state index contributed by atoms with van der Waals surface area (Å²) in [5.41, 5.74) is 1.70. The fourth-order valence-electron chi connectivity index (χ4n) is 2.49. The van der Waals surface area contributed by atoms with E-state index in [1.165, 1.54) is 0 Å². The van der Waals surface area contributed by atoms with E-state index >= 15 is 0 Å². The molecule has 1 rings (SSSR count). The van der Waals surface area contributed by atoms with E-state index in [9.17, 15) is 5.11 Å². The minimum Gasteiger partial charge on any atom is -0.506 e. The molecule has 0 aliphatic carbocycles. The summed E-state index contributed by atoms with van der Waals surface area (Å²) in [5.74, 6) is 0.269. The van der Waals surface area contributed by atoms with Crippen molar-refractivity contribution in [1.82, 2.24) is 0 Å². The first-order valence-corrected chi connectivity index (χ1v) is 8.81. The minimum absolute atomic E-state index is 0.263. The topological polar surface area (TPSA) is 84.8 Å². The number of rotatable bonds is 14. The van der Waals surface area contributed by atoms with Crippen molar-refractivity contribution in [2.75, 3.05) is 36.9 Å². The van der Waals surface area contributed by atoms with Crippen LogP contribution in [0.1, 0.15) is 51.4 Å². The zero-order chi connectivity index (χ0) is 16.8. The van der Waals surface area contributed by atoms with Gasteiger partial charge in [-0.25, -0.2) is 0 Å². The molecule has 0 spiro atoms. The normalized spacial score (nSPS) is 10.7. The standard InChI is InChI=1S/C18H32N2O3/c21-14-7-3-1-5-12-19-16-10-9-11-17(23)18(16)20-13-6-2-4-8-15-22/h9-11,19-23H,1-8,12-15H2. The van der Waals surface area contributed by atoms with Gasteiger partial charge < -0.3 is 26.0 Å². The summed E-state index contributed by atoms with van der Waals surface area (Å²) in [5, 5.41) is 34.2. The smallest absolute Gasteiger partial charge is 0.140 e. The van der Waals surface area contributed by atoms with Gasteiger partial charge in [-0.2, -0.15) is 0 Å². The zero-order valence-corrected chi connectivity index (χ0v) is 14.1. The largest absolute Gasteiger partial charge is 0.506 e. The molecule has 0 fully saturated rings. The monoisotopic (exact) mass is 324 g/mol. The van der Waals surface area contributed by atoms with E-state index in [-0.39, 0.29) is 19.0 Å². The average molecular weight is 324 g/mol. The highest BCUT2D eigenvalue weighted by Crippen LogP contribution is 2.31. The van der Waals surface area contributed by atoms with Crippen LogP contribution in [0.4, 0.5) is 11.4 Å². The summed E-state index contributed by atoms with van der Waals surface area (Å²) in [6.07, 6.45) is 8.07. The second-order valence-corrected chi connectivity index (χ2v) is 5.83. The van der Waals surface area contributed by atoms with Crippen molar-refractivity contribution in [3.8, 4) is 5.75 Å². The van der Waals surface area contributed by atoms with Crippen LogP contribution in [0.2, 0.25) is 0 Å². The number of benzene rings is 1. The highest BCUT2D eigenvalue weighted by atomic mass is 16.3. The lowest BCUT2D eigenvalue weighted by Crippen LogP contribution is -2.08. The lowest BCUT2D eigenvalue weighted by atomic mass is 10.1. The molecule has 23 heavy (non-hydrogen) atoms. The Morgan fingerprint density at radius 3 is 1.87 bits per heavy atom. The predicted octanol–water partition coefficient (Wildman–Crippen LogP) is 3.32. The lowest BCUT2D eigenvalue weighted by Gasteiger charge is -2.15. The van der Waals surface area contributed by atoms with Crippen molar-refractivity contribution in [3.05, 3.63) is 18.2 Å². The number of hydrogen-bond acceptors (Lipinski definition) is 5. The molecule has 0 amide bonds. The molecular formula is C18H32N2O3. The van der Waals surface area contributed by atoms with E-state index < -0.39 is 0 Å². The molecule has 1 aromatic carbocycles. The van der Waals surface area contributed by atoms with Gasteiger partial charge in [-0.1, -0.05) is 31.7 Å². The Bertz CT molecular complexity index is 413. The number of aliphatic hydroxyl groups is 2. The Balaban J connectivity index is 2.33. The van der Waals surface area contributed by atoms with E-state index in [2.05, 4.69) is 10.6 Å². The summed E-state index contributed by atoms with van der Waals surface area (Å²) in [4.78, 5) is 0. The molecule has 0 bridgehead atoms. The first-order valence-electron chi connectivity index (χ1n) is 8.81. The highest BCUT2D eigenvalue weighted by Gasteiger charge is 2.06. The van der Waals surface area contributed by atoms with Gasteiger partial charge in [0.2, 0.25) is 0 Å². The third-order valence-corrected chi connectivity index (χ3v) is 3.83. The summed E-state index contributed by atoms with van der Waals surface area (Å²) in [6.45, 7) is 2.21. The number of aliphatic hydroxyl groups excluding tert-OH is 2. The molecule has 0 aromatic heterocycles. The molecule has 0 aliphatic heterocycles. The van der Waals surface area contributed by atoms with Gasteiger partial charge in [-0.3, -0.25) is 0 Å². The second kappa shape index (κ2) is 13.0. The molecule has 1 aromatic rings. The third-order valence-electron chi connectivity index (χ3n) is 3.83. The minimum atomic E-state index is 0.263. The fraction of sp³-hybridized carbons (Fsp3) is 0.667. The maximum atomic E-state index is 10.0. The Hall–Kier alpha value is -1.46. The first-order chi connectivity index (χ1) is 11.3. The number of unbranched alkanes of at least 4 members (excludes halogenated alkanes) is 6. The van der Waals surface area contributed by atoms with E-state index in [4.69, 9.17) is 10.2 Å². The molecule has 0 saturated heterocycles. The van der Waals surface area contributed by atoms with Gasteiger partial charge in [0.25, 0.3) is 0 Å². The summed E-state index contributed by atoms with van der Waals surface area (Å²) < 4.78 is 0. The van der Waals surface area contributed by atoms with E-state index in [0.29, 0.717) is 0 Å². The van der Waals surface area contributed by atoms with Crippen molar-refractivity contribution < 1.29 is 15.3 Å². The Labute approximate surface area is 139 Å². The lowest BCUT2D eigenvalue weighted by molar-refractivity contribution is 0.282. The number of aromatic hydroxyl groups is 1. The fourth-order valence-corrected chi connectivity index (χ4v) is 2.49. The maximum absolute atomic E-state index is 10.0. The van der Waals surface area contributed by atoms with Crippen molar-refractivity contribution in [1.29, 1.82) is 0 Å². The SMILES string of the molecule is OCCCCCCNc1cccc(O)c1NCCCCCCO. The molecule has 132 valence electrons. The van der Waals surface area contributed by atoms with Crippen LogP contribution < -0.4 is 10.6 Å². The first kappa shape index (κ1) is 19.6. The van der Waals surface area contributed by atoms with Crippen molar-refractivity contribution >= 4 is 11.4 Å². The number of anilines is 2. The van der Waals surface area contributed by atoms with Gasteiger partial charge in [0.15, 0.2) is 0 Å². The average Bonchev–Trinajstić information content (AvgIpc) is 2.56. The summed E-state index contributed by atoms with van der Waals surface area (Å²) in [7, 11) is 0. The van der Waals surface area contributed by atoms with Gasteiger partial charge in [0, 0.05) is 26.3 Å². The van der Waals surface area contributed by atoms with Crippen LogP contribution in [-0.2, 0) is 0 Å². The zero-order valence-electron chi connectivity index (χ0n) is 14.1. The van der Waals surface area contributed by atoms with E-state index in [1.807, 2.05) is 12.1 Å². The second-order valence-electron chi connectivity index (χ2n) is 5.83. The van der Waals surface area contributed by atoms with E-state index in [0.717, 1.165) is 75.8 Å². The molecule has 5 N–H and O–H groups in total. The molecule has 0 saturated carbocycles. The third kappa shape index (κ3) is 8.67. The van der Waals surface area contributed by atoms with E-state index in [1.54, 1.807) is 6.07 Å². The molecule has 0 unspecified atom stereocenters. The summed E-state index contributed by atoms with van der Waals surface area (Å²) >= 11 is 0. The van der Waals surface area contributed by atoms with Crippen LogP contribution in [-0.4, -0.2) is 41.6 Å². The van der Waals surface area contributed by atoms with Crippen LogP contribution in [0.15, 0.2) is 18.2 Å². The summed E-state index contributed by atoms with van der Waals surface area (Å²) in [6, 6.07) is 5.51. The molecule has 0 atom stereocenters. The molecule has 0 radical (unpaired) electrons. The van der Waals surface area contributed by atoms with Crippen LogP contribution in [0.3, 0.4) is 0 Å². The Morgan fingerprint density at radius 1 is 0.696 bits per heavy atom. The van der Waals surface area contributed by atoms with Crippen LogP contribution >= 0.6 is 0 Å². The molecular weight excluding hydrogens is 292 g/mol. The van der Waals surface area contributed by atoms with Gasteiger partial charge >= 0.3 is 0 Å². The molecule has 5 heteroatoms. The highest BCUT2D eigenvalue weighted by molar-refractivity contribution is 5.75. The van der Waals surface area contributed by atoms with Crippen molar-refractivity contribution in [2.24, 2.45) is 0 Å². The number of nitrogens with one attached hydrogen (secondary N) is 2. The molecule has 0 aliphatic rings. The quantitative estimate of drug-likeness (QED) is 0.268. The maximum Gasteiger partial charge on any atom is 0.140 e. The van der Waals surface area contributed by atoms with Gasteiger partial charge in [-0.15, -0.1) is 0 Å². The van der Waals surface area contributed by atoms with Gasteiger partial charge in [0.1, 0.15) is 11.4 Å². The van der Waals surface area contributed by atoms with Crippen molar-refractivity contribution in [2.45, 2.75) is 51.4 Å². The van der Waals surface area contributed by atoms with Crippen LogP contribution in [0.5, 0.6) is 5.75 Å². The van der Waals surface area contributed by atoms with Crippen LogP contribution in [0.25, 0.3) is 0 Å². The van der Waals surface area contributed by atoms with Gasteiger partial charge in [0.05, 0.1) is 5.69 Å². The van der Waals surface area contributed by atoms with Crippen LogP contribution in [0, 0.1) is 0 Å². The Kier molecular flexibility index (Phi) is 11.1. The number of para-hydroxylation sites is 1. The Morgan fingerprint density at radius 2 is 1.26 bits per heavy atom. The number of phenolic OH excluding ortho intramolecular Hbond substituents is 1. The number of phenols is 1. The van der Waals surface area contributed by atoms with Crippen molar-refractivity contribution in [3.63, 3.8) is 0 Å². The van der Waals surface area contributed by atoms with Gasteiger partial charge in [-0.05, 0) is 37.8 Å². The molecule has 0 heterocycles. The number of hydrogen-bond donors (Lipinski definition) is 5.